The van der Waals surface area contributed by atoms with Gasteiger partial charge in [-0.05, 0) is 36.8 Å². The Kier molecular flexibility index (Phi) is 3.65. The van der Waals surface area contributed by atoms with Crippen molar-refractivity contribution in [3.63, 3.8) is 0 Å². The second-order valence-corrected chi connectivity index (χ2v) is 5.27. The Hall–Kier alpha value is -1.94. The lowest BCUT2D eigenvalue weighted by Crippen LogP contribution is -2.13. The maximum atomic E-state index is 5.98. The van der Waals surface area contributed by atoms with Crippen LogP contribution in [0.15, 0.2) is 41.4 Å². The molecule has 2 aromatic rings. The smallest absolute Gasteiger partial charge is 0.243 e. The van der Waals surface area contributed by atoms with E-state index in [4.69, 9.17) is 10.3 Å². The minimum atomic E-state index is -0.257. The number of hydrogen-bond donors (Lipinski definition) is 1. The van der Waals surface area contributed by atoms with E-state index in [2.05, 4.69) is 41.0 Å². The first-order valence-corrected chi connectivity index (χ1v) is 7.07. The number of aromatic nitrogens is 2. The molecule has 3 rings (SSSR count). The number of nitrogens with two attached hydrogens (primary N) is 1. The third-order valence-electron chi connectivity index (χ3n) is 3.88. The molecule has 0 saturated heterocycles. The zero-order valence-corrected chi connectivity index (χ0v) is 11.5. The molecular weight excluding hydrogens is 250 g/mol. The van der Waals surface area contributed by atoms with Gasteiger partial charge in [0.05, 0.1) is 6.04 Å². The van der Waals surface area contributed by atoms with Crippen LogP contribution >= 0.6 is 0 Å². The van der Waals surface area contributed by atoms with Crippen molar-refractivity contribution in [1.29, 1.82) is 0 Å². The number of fused-ring (bicyclic) bond motifs is 1. The molecule has 4 nitrogen and oxygen atoms in total. The lowest BCUT2D eigenvalue weighted by atomic mass is 9.82. The maximum absolute atomic E-state index is 5.98. The van der Waals surface area contributed by atoms with Crippen LogP contribution in [0.5, 0.6) is 0 Å². The van der Waals surface area contributed by atoms with Gasteiger partial charge in [0.2, 0.25) is 5.89 Å². The number of benzene rings is 1. The third-order valence-corrected chi connectivity index (χ3v) is 3.88. The van der Waals surface area contributed by atoms with Crippen LogP contribution in [-0.4, -0.2) is 10.1 Å². The average Bonchev–Trinajstić information content (AvgIpc) is 2.97. The number of aryl methyl sites for hydroxylation is 1. The highest BCUT2D eigenvalue weighted by atomic mass is 16.5. The summed E-state index contributed by atoms with van der Waals surface area (Å²) >= 11 is 0. The molecule has 0 spiro atoms. The minimum absolute atomic E-state index is 0.230. The van der Waals surface area contributed by atoms with Gasteiger partial charge >= 0.3 is 0 Å². The third kappa shape index (κ3) is 2.39. The summed E-state index contributed by atoms with van der Waals surface area (Å²) in [6.45, 7) is 3.68. The van der Waals surface area contributed by atoms with Crippen LogP contribution in [0, 0.1) is 0 Å². The molecule has 2 unspecified atom stereocenters. The van der Waals surface area contributed by atoms with E-state index >= 15 is 0 Å². The molecule has 1 aliphatic carbocycles. The van der Waals surface area contributed by atoms with E-state index in [9.17, 15) is 0 Å². The van der Waals surface area contributed by atoms with Crippen molar-refractivity contribution in [2.45, 2.75) is 37.6 Å². The van der Waals surface area contributed by atoms with Gasteiger partial charge in [0, 0.05) is 5.92 Å². The Bertz CT molecular complexity index is 605. The Morgan fingerprint density at radius 3 is 3.15 bits per heavy atom. The van der Waals surface area contributed by atoms with Gasteiger partial charge in [0.15, 0.2) is 5.82 Å². The van der Waals surface area contributed by atoms with Gasteiger partial charge in [0.25, 0.3) is 0 Å². The molecule has 1 aromatic heterocycles. The van der Waals surface area contributed by atoms with Gasteiger partial charge in [-0.2, -0.15) is 4.98 Å². The van der Waals surface area contributed by atoms with Crippen LogP contribution in [0.3, 0.4) is 0 Å². The zero-order valence-electron chi connectivity index (χ0n) is 11.5. The van der Waals surface area contributed by atoms with Crippen molar-refractivity contribution >= 4 is 0 Å². The predicted molar refractivity (Wildman–Crippen MR) is 77.3 cm³/mol. The van der Waals surface area contributed by atoms with E-state index < -0.39 is 0 Å². The lowest BCUT2D eigenvalue weighted by molar-refractivity contribution is 0.349. The minimum Gasteiger partial charge on any atom is -0.338 e. The van der Waals surface area contributed by atoms with Crippen LogP contribution in [0.25, 0.3) is 0 Å². The Morgan fingerprint density at radius 1 is 1.45 bits per heavy atom. The largest absolute Gasteiger partial charge is 0.338 e. The van der Waals surface area contributed by atoms with Gasteiger partial charge < -0.3 is 10.3 Å². The van der Waals surface area contributed by atoms with E-state index in [0.717, 1.165) is 25.1 Å². The van der Waals surface area contributed by atoms with Crippen LogP contribution in [0.1, 0.15) is 54.1 Å². The predicted octanol–water partition coefficient (Wildman–Crippen LogP) is 3.11. The van der Waals surface area contributed by atoms with E-state index in [0.29, 0.717) is 12.3 Å². The second-order valence-electron chi connectivity index (χ2n) is 5.27. The van der Waals surface area contributed by atoms with Crippen LogP contribution in [-0.2, 0) is 6.42 Å². The number of rotatable bonds is 4. The summed E-state index contributed by atoms with van der Waals surface area (Å²) in [7, 11) is 0. The lowest BCUT2D eigenvalue weighted by Gasteiger charge is -2.22. The monoisotopic (exact) mass is 269 g/mol. The summed E-state index contributed by atoms with van der Waals surface area (Å²) in [6, 6.07) is 8.25. The molecule has 0 saturated carbocycles. The molecule has 104 valence electrons. The molecule has 1 aliphatic rings. The molecule has 1 aromatic carbocycles. The van der Waals surface area contributed by atoms with Gasteiger partial charge in [0.1, 0.15) is 0 Å². The van der Waals surface area contributed by atoms with Gasteiger partial charge in [-0.25, -0.2) is 0 Å². The van der Waals surface area contributed by atoms with Crippen molar-refractivity contribution in [3.8, 4) is 0 Å². The topological polar surface area (TPSA) is 64.9 Å². The van der Waals surface area contributed by atoms with Crippen molar-refractivity contribution in [3.05, 3.63) is 59.8 Å². The molecule has 0 bridgehead atoms. The molecule has 4 heteroatoms. The first-order chi connectivity index (χ1) is 9.79. The van der Waals surface area contributed by atoms with E-state index in [1.807, 2.05) is 0 Å². The summed E-state index contributed by atoms with van der Waals surface area (Å²) in [5.41, 5.74) is 8.69. The number of nitrogens with zero attached hydrogens (tertiary/aromatic N) is 2. The van der Waals surface area contributed by atoms with Crippen molar-refractivity contribution < 1.29 is 4.52 Å². The maximum Gasteiger partial charge on any atom is 0.243 e. The van der Waals surface area contributed by atoms with Gasteiger partial charge in [-0.1, -0.05) is 35.5 Å². The molecule has 20 heavy (non-hydrogen) atoms. The quantitative estimate of drug-likeness (QED) is 0.866. The number of hydrogen-bond acceptors (Lipinski definition) is 4. The molecule has 2 N–H and O–H groups in total. The highest BCUT2D eigenvalue weighted by molar-refractivity contribution is 5.36. The summed E-state index contributed by atoms with van der Waals surface area (Å²) in [4.78, 5) is 4.50. The van der Waals surface area contributed by atoms with Crippen LogP contribution in [0.2, 0.25) is 0 Å². The highest BCUT2D eigenvalue weighted by Gasteiger charge is 2.26. The molecule has 2 atom stereocenters. The fourth-order valence-electron chi connectivity index (χ4n) is 2.84. The van der Waals surface area contributed by atoms with Crippen molar-refractivity contribution in [2.75, 3.05) is 0 Å². The molecular formula is C16H19N3O. The second kappa shape index (κ2) is 5.59. The SMILES string of the molecule is C=CCC(N)c1nc(C2CCCc3ccccc32)no1. The van der Waals surface area contributed by atoms with Gasteiger partial charge in [-0.15, -0.1) is 6.58 Å². The van der Waals surface area contributed by atoms with Crippen molar-refractivity contribution in [1.82, 2.24) is 10.1 Å². The molecule has 1 heterocycles. The van der Waals surface area contributed by atoms with E-state index in [1.54, 1.807) is 6.08 Å². The van der Waals surface area contributed by atoms with Crippen molar-refractivity contribution in [2.24, 2.45) is 5.73 Å². The Balaban J connectivity index is 1.89. The molecule has 0 amide bonds. The summed E-state index contributed by atoms with van der Waals surface area (Å²) in [6.07, 6.45) is 5.76. The molecule has 0 fully saturated rings. The average molecular weight is 269 g/mol. The first-order valence-electron chi connectivity index (χ1n) is 7.07. The fraction of sp³-hybridized carbons (Fsp3) is 0.375. The van der Waals surface area contributed by atoms with Crippen LogP contribution < -0.4 is 5.73 Å². The summed E-state index contributed by atoms with van der Waals surface area (Å²) in [5.74, 6) is 1.49. The fourth-order valence-corrected chi connectivity index (χ4v) is 2.84. The first kappa shape index (κ1) is 13.1. The zero-order chi connectivity index (χ0) is 13.9. The molecule has 0 radical (unpaired) electrons. The van der Waals surface area contributed by atoms with Crippen LogP contribution in [0.4, 0.5) is 0 Å². The van der Waals surface area contributed by atoms with E-state index in [-0.39, 0.29) is 12.0 Å². The normalized spacial score (nSPS) is 19.4. The Labute approximate surface area is 118 Å². The highest BCUT2D eigenvalue weighted by Crippen LogP contribution is 2.35. The Morgan fingerprint density at radius 2 is 2.30 bits per heavy atom. The standard InChI is InChI=1S/C16H19N3O/c1-2-6-14(17)16-18-15(19-20-16)13-10-5-8-11-7-3-4-9-12(11)13/h2-4,7,9,13-14H,1,5-6,8,10,17H2. The van der Waals surface area contributed by atoms with E-state index in [1.165, 1.54) is 11.1 Å². The summed E-state index contributed by atoms with van der Waals surface area (Å²) in [5, 5.41) is 4.14. The van der Waals surface area contributed by atoms with Gasteiger partial charge in [-0.3, -0.25) is 0 Å². The summed E-state index contributed by atoms with van der Waals surface area (Å²) < 4.78 is 5.31. The molecule has 0 aliphatic heterocycles.